The fourth-order valence-electron chi connectivity index (χ4n) is 2.65. The number of rotatable bonds is 5. The van der Waals surface area contributed by atoms with Crippen molar-refractivity contribution in [2.45, 2.75) is 19.4 Å². The average Bonchev–Trinajstić information content (AvgIpc) is 2.43. The van der Waals surface area contributed by atoms with Crippen molar-refractivity contribution in [2.24, 2.45) is 5.92 Å². The third-order valence-corrected chi connectivity index (χ3v) is 3.63. The number of benzene rings is 2. The number of fused-ring (bicyclic) bond motifs is 1. The molecule has 2 N–H and O–H groups in total. The standard InChI is InChI=1S/C16H19NO2/c1-3-12(16(18)19)15(17-2)14-10-6-8-11-7-4-5-9-13(11)14/h4-10,12,15,17H,3H2,1-2H3,(H,18,19). The summed E-state index contributed by atoms with van der Waals surface area (Å²) in [4.78, 5) is 11.4. The van der Waals surface area contributed by atoms with Crippen LogP contribution >= 0.6 is 0 Å². The van der Waals surface area contributed by atoms with Crippen molar-refractivity contribution in [1.82, 2.24) is 5.32 Å². The van der Waals surface area contributed by atoms with E-state index < -0.39 is 11.9 Å². The molecule has 0 radical (unpaired) electrons. The van der Waals surface area contributed by atoms with Crippen molar-refractivity contribution < 1.29 is 9.90 Å². The molecule has 0 aliphatic rings. The van der Waals surface area contributed by atoms with E-state index in [9.17, 15) is 9.90 Å². The van der Waals surface area contributed by atoms with E-state index >= 15 is 0 Å². The van der Waals surface area contributed by atoms with Crippen molar-refractivity contribution >= 4 is 16.7 Å². The molecule has 0 amide bonds. The first-order valence-electron chi connectivity index (χ1n) is 6.56. The van der Waals surface area contributed by atoms with E-state index in [1.54, 1.807) is 0 Å². The summed E-state index contributed by atoms with van der Waals surface area (Å²) in [6, 6.07) is 13.9. The van der Waals surface area contributed by atoms with E-state index in [4.69, 9.17) is 0 Å². The van der Waals surface area contributed by atoms with Gasteiger partial charge in [0.2, 0.25) is 0 Å². The Balaban J connectivity index is 2.54. The Morgan fingerprint density at radius 1 is 1.21 bits per heavy atom. The molecule has 0 bridgehead atoms. The SMILES string of the molecule is CCC(C(=O)O)C(NC)c1cccc2ccccc12. The third kappa shape index (κ3) is 2.61. The van der Waals surface area contributed by atoms with Gasteiger partial charge in [-0.25, -0.2) is 0 Å². The van der Waals surface area contributed by atoms with Gasteiger partial charge in [-0.05, 0) is 29.8 Å². The second kappa shape index (κ2) is 5.85. The van der Waals surface area contributed by atoms with E-state index in [1.807, 2.05) is 56.4 Å². The fraction of sp³-hybridized carbons (Fsp3) is 0.312. The summed E-state index contributed by atoms with van der Waals surface area (Å²) in [7, 11) is 1.82. The number of carboxylic acids is 1. The molecule has 2 rings (SSSR count). The second-order valence-electron chi connectivity index (χ2n) is 4.69. The summed E-state index contributed by atoms with van der Waals surface area (Å²) in [6.45, 7) is 1.91. The van der Waals surface area contributed by atoms with E-state index in [-0.39, 0.29) is 6.04 Å². The normalized spacial score (nSPS) is 14.2. The molecule has 0 saturated carbocycles. The summed E-state index contributed by atoms with van der Waals surface area (Å²) in [5.41, 5.74) is 1.05. The Bertz CT molecular complexity index is 574. The second-order valence-corrected chi connectivity index (χ2v) is 4.69. The largest absolute Gasteiger partial charge is 0.481 e. The Hall–Kier alpha value is -1.87. The minimum Gasteiger partial charge on any atom is -0.481 e. The molecule has 3 heteroatoms. The number of nitrogens with one attached hydrogen (secondary N) is 1. The van der Waals surface area contributed by atoms with Crippen LogP contribution in [0.2, 0.25) is 0 Å². The highest BCUT2D eigenvalue weighted by atomic mass is 16.4. The molecule has 0 aliphatic heterocycles. The Kier molecular flexibility index (Phi) is 4.17. The molecule has 0 saturated heterocycles. The third-order valence-electron chi connectivity index (χ3n) is 3.63. The predicted octanol–water partition coefficient (Wildman–Crippen LogP) is 3.21. The first-order chi connectivity index (χ1) is 9.19. The number of hydrogen-bond donors (Lipinski definition) is 2. The van der Waals surface area contributed by atoms with Crippen LogP contribution in [0.25, 0.3) is 10.8 Å². The van der Waals surface area contributed by atoms with Crippen LogP contribution in [0.3, 0.4) is 0 Å². The van der Waals surface area contributed by atoms with Crippen LogP contribution in [0.4, 0.5) is 0 Å². The van der Waals surface area contributed by atoms with Crippen LogP contribution in [-0.4, -0.2) is 18.1 Å². The monoisotopic (exact) mass is 257 g/mol. The Morgan fingerprint density at radius 3 is 2.53 bits per heavy atom. The number of carboxylic acid groups (broad SMARTS) is 1. The van der Waals surface area contributed by atoms with E-state index in [0.29, 0.717) is 6.42 Å². The highest BCUT2D eigenvalue weighted by Gasteiger charge is 2.27. The van der Waals surface area contributed by atoms with Gasteiger partial charge < -0.3 is 10.4 Å². The molecule has 0 aliphatic carbocycles. The zero-order valence-electron chi connectivity index (χ0n) is 11.3. The zero-order chi connectivity index (χ0) is 13.8. The lowest BCUT2D eigenvalue weighted by molar-refractivity contribution is -0.142. The molecule has 2 aromatic carbocycles. The van der Waals surface area contributed by atoms with Crippen molar-refractivity contribution in [2.75, 3.05) is 7.05 Å². The van der Waals surface area contributed by atoms with Crippen molar-refractivity contribution in [3.63, 3.8) is 0 Å². The van der Waals surface area contributed by atoms with Gasteiger partial charge in [-0.15, -0.1) is 0 Å². The summed E-state index contributed by atoms with van der Waals surface area (Å²) in [5, 5.41) is 14.8. The molecule has 0 heterocycles. The van der Waals surface area contributed by atoms with Gasteiger partial charge >= 0.3 is 5.97 Å². The Morgan fingerprint density at radius 2 is 1.89 bits per heavy atom. The van der Waals surface area contributed by atoms with Gasteiger partial charge in [-0.3, -0.25) is 4.79 Å². The molecular formula is C16H19NO2. The van der Waals surface area contributed by atoms with Crippen LogP contribution in [0, 0.1) is 5.92 Å². The van der Waals surface area contributed by atoms with Crippen LogP contribution in [0.1, 0.15) is 24.9 Å². The van der Waals surface area contributed by atoms with E-state index in [1.165, 1.54) is 0 Å². The van der Waals surface area contributed by atoms with Gasteiger partial charge in [0.1, 0.15) is 0 Å². The van der Waals surface area contributed by atoms with Gasteiger partial charge in [0.25, 0.3) is 0 Å². The minimum atomic E-state index is -0.755. The molecule has 19 heavy (non-hydrogen) atoms. The van der Waals surface area contributed by atoms with Gasteiger partial charge in [0, 0.05) is 6.04 Å². The fourth-order valence-corrected chi connectivity index (χ4v) is 2.65. The van der Waals surface area contributed by atoms with E-state index in [2.05, 4.69) is 5.32 Å². The van der Waals surface area contributed by atoms with Crippen molar-refractivity contribution in [3.05, 3.63) is 48.0 Å². The lowest BCUT2D eigenvalue weighted by atomic mass is 9.88. The first kappa shape index (κ1) is 13.6. The summed E-state index contributed by atoms with van der Waals surface area (Å²) in [5.74, 6) is -1.18. The van der Waals surface area contributed by atoms with Crippen LogP contribution in [0.15, 0.2) is 42.5 Å². The molecule has 2 unspecified atom stereocenters. The lowest BCUT2D eigenvalue weighted by Crippen LogP contribution is -2.30. The molecule has 100 valence electrons. The number of aliphatic carboxylic acids is 1. The highest BCUT2D eigenvalue weighted by molar-refractivity contribution is 5.86. The molecule has 0 fully saturated rings. The van der Waals surface area contributed by atoms with Gasteiger partial charge in [0.15, 0.2) is 0 Å². The molecule has 2 aromatic rings. The van der Waals surface area contributed by atoms with Crippen molar-refractivity contribution in [3.8, 4) is 0 Å². The Labute approximate surface area is 113 Å². The number of carbonyl (C=O) groups is 1. The molecule has 2 atom stereocenters. The topological polar surface area (TPSA) is 49.3 Å². The van der Waals surface area contributed by atoms with Gasteiger partial charge in [0.05, 0.1) is 5.92 Å². The molecule has 0 spiro atoms. The zero-order valence-corrected chi connectivity index (χ0v) is 11.3. The average molecular weight is 257 g/mol. The highest BCUT2D eigenvalue weighted by Crippen LogP contribution is 2.30. The maximum Gasteiger partial charge on any atom is 0.308 e. The summed E-state index contributed by atoms with van der Waals surface area (Å²) in [6.07, 6.45) is 0.601. The van der Waals surface area contributed by atoms with Crippen LogP contribution < -0.4 is 5.32 Å². The van der Waals surface area contributed by atoms with Gasteiger partial charge in [-0.1, -0.05) is 49.4 Å². The molecule has 3 nitrogen and oxygen atoms in total. The lowest BCUT2D eigenvalue weighted by Gasteiger charge is -2.24. The van der Waals surface area contributed by atoms with Gasteiger partial charge in [-0.2, -0.15) is 0 Å². The smallest absolute Gasteiger partial charge is 0.308 e. The minimum absolute atomic E-state index is 0.173. The number of hydrogen-bond acceptors (Lipinski definition) is 2. The summed E-state index contributed by atoms with van der Waals surface area (Å²) < 4.78 is 0. The first-order valence-corrected chi connectivity index (χ1v) is 6.56. The maximum absolute atomic E-state index is 11.4. The van der Waals surface area contributed by atoms with E-state index in [0.717, 1.165) is 16.3 Å². The quantitative estimate of drug-likeness (QED) is 0.864. The molecule has 0 aromatic heterocycles. The maximum atomic E-state index is 11.4. The van der Waals surface area contributed by atoms with Crippen LogP contribution in [0.5, 0.6) is 0 Å². The van der Waals surface area contributed by atoms with Crippen molar-refractivity contribution in [1.29, 1.82) is 0 Å². The van der Waals surface area contributed by atoms with Crippen LogP contribution in [-0.2, 0) is 4.79 Å². The predicted molar refractivity (Wildman–Crippen MR) is 77.2 cm³/mol. The summed E-state index contributed by atoms with van der Waals surface area (Å²) >= 11 is 0. The molecular weight excluding hydrogens is 238 g/mol.